The van der Waals surface area contributed by atoms with Crippen LogP contribution in [-0.4, -0.2) is 39.8 Å². The van der Waals surface area contributed by atoms with Crippen LogP contribution in [0.2, 0.25) is 0 Å². The van der Waals surface area contributed by atoms with Crippen LogP contribution in [0.5, 0.6) is 17.2 Å². The fourth-order valence-corrected chi connectivity index (χ4v) is 4.40. The van der Waals surface area contributed by atoms with Crippen LogP contribution in [0.15, 0.2) is 6.07 Å². The zero-order valence-corrected chi connectivity index (χ0v) is 14.5. The SMILES string of the molecule is COc1cc2c(c(OC)c1OC)C[C@]1(C)CCN(C)[C@H]2[C@H]1C. The first-order valence-electron chi connectivity index (χ1n) is 7.98. The second-order valence-corrected chi connectivity index (χ2v) is 7.01. The fraction of sp³-hybridized carbons (Fsp3) is 0.667. The number of fused-ring (bicyclic) bond motifs is 4. The van der Waals surface area contributed by atoms with Crippen molar-refractivity contribution < 1.29 is 14.2 Å². The maximum atomic E-state index is 5.73. The van der Waals surface area contributed by atoms with E-state index in [1.165, 1.54) is 17.5 Å². The number of ether oxygens (including phenoxy) is 3. The highest BCUT2D eigenvalue weighted by Crippen LogP contribution is 2.57. The van der Waals surface area contributed by atoms with Gasteiger partial charge in [0.2, 0.25) is 5.75 Å². The zero-order chi connectivity index (χ0) is 16.1. The lowest BCUT2D eigenvalue weighted by Gasteiger charge is -2.53. The van der Waals surface area contributed by atoms with Crippen LogP contribution in [-0.2, 0) is 6.42 Å². The highest BCUT2D eigenvalue weighted by atomic mass is 16.5. The zero-order valence-electron chi connectivity index (χ0n) is 14.5. The Labute approximate surface area is 133 Å². The normalized spacial score (nSPS) is 30.6. The Hall–Kier alpha value is -1.42. The van der Waals surface area contributed by atoms with Crippen LogP contribution in [0.1, 0.15) is 37.4 Å². The predicted octanol–water partition coefficient (Wildman–Crippen LogP) is 3.29. The summed E-state index contributed by atoms with van der Waals surface area (Å²) in [5.74, 6) is 2.92. The summed E-state index contributed by atoms with van der Waals surface area (Å²) in [6.07, 6.45) is 2.26. The summed E-state index contributed by atoms with van der Waals surface area (Å²) in [6, 6.07) is 2.57. The first-order chi connectivity index (χ1) is 10.5. The minimum absolute atomic E-state index is 0.317. The van der Waals surface area contributed by atoms with Gasteiger partial charge in [0.25, 0.3) is 0 Å². The first kappa shape index (κ1) is 15.5. The molecule has 1 saturated heterocycles. The molecule has 2 bridgehead atoms. The van der Waals surface area contributed by atoms with Crippen molar-refractivity contribution in [2.24, 2.45) is 11.3 Å². The average molecular weight is 305 g/mol. The summed E-state index contributed by atoms with van der Waals surface area (Å²) in [5.41, 5.74) is 2.94. The minimum Gasteiger partial charge on any atom is -0.493 e. The van der Waals surface area contributed by atoms with Gasteiger partial charge in [0.15, 0.2) is 11.5 Å². The molecule has 3 atom stereocenters. The number of benzene rings is 1. The van der Waals surface area contributed by atoms with Crippen LogP contribution in [0.3, 0.4) is 0 Å². The molecule has 4 nitrogen and oxygen atoms in total. The quantitative estimate of drug-likeness (QED) is 0.857. The Kier molecular flexibility index (Phi) is 3.76. The first-order valence-corrected chi connectivity index (χ1v) is 7.98. The Bertz CT molecular complexity index is 586. The second kappa shape index (κ2) is 5.34. The maximum Gasteiger partial charge on any atom is 0.203 e. The molecule has 0 aromatic heterocycles. The molecule has 0 spiro atoms. The van der Waals surface area contributed by atoms with E-state index in [9.17, 15) is 0 Å². The van der Waals surface area contributed by atoms with Crippen LogP contribution in [0, 0.1) is 11.3 Å². The van der Waals surface area contributed by atoms with Crippen molar-refractivity contribution in [3.8, 4) is 17.2 Å². The highest BCUT2D eigenvalue weighted by Gasteiger charge is 2.48. The van der Waals surface area contributed by atoms with Crippen molar-refractivity contribution in [2.45, 2.75) is 32.7 Å². The molecule has 1 aliphatic carbocycles. The summed E-state index contributed by atoms with van der Waals surface area (Å²) in [6.45, 7) is 5.94. The number of likely N-dealkylation sites (tertiary alicyclic amines) is 1. The number of hydrogen-bond acceptors (Lipinski definition) is 4. The maximum absolute atomic E-state index is 5.73. The van der Waals surface area contributed by atoms with Crippen molar-refractivity contribution in [2.75, 3.05) is 34.9 Å². The largest absolute Gasteiger partial charge is 0.493 e. The molecule has 0 amide bonds. The van der Waals surface area contributed by atoms with Crippen molar-refractivity contribution in [1.82, 2.24) is 4.90 Å². The van der Waals surface area contributed by atoms with Gasteiger partial charge in [-0.2, -0.15) is 0 Å². The van der Waals surface area contributed by atoms with Gasteiger partial charge in [-0.1, -0.05) is 13.8 Å². The molecule has 0 N–H and O–H groups in total. The van der Waals surface area contributed by atoms with Crippen molar-refractivity contribution in [1.29, 1.82) is 0 Å². The van der Waals surface area contributed by atoms with Gasteiger partial charge in [-0.05, 0) is 49.4 Å². The fourth-order valence-electron chi connectivity index (χ4n) is 4.40. The molecular formula is C18H27NO3. The molecule has 1 heterocycles. The molecule has 1 aromatic rings. The second-order valence-electron chi connectivity index (χ2n) is 7.01. The van der Waals surface area contributed by atoms with Gasteiger partial charge in [-0.15, -0.1) is 0 Å². The number of hydrogen-bond donors (Lipinski definition) is 0. The van der Waals surface area contributed by atoms with Gasteiger partial charge in [-0.25, -0.2) is 0 Å². The third-order valence-corrected chi connectivity index (χ3v) is 5.95. The Balaban J connectivity index is 2.26. The molecule has 0 unspecified atom stereocenters. The predicted molar refractivity (Wildman–Crippen MR) is 87.1 cm³/mol. The van der Waals surface area contributed by atoms with E-state index in [0.29, 0.717) is 23.1 Å². The molecule has 22 heavy (non-hydrogen) atoms. The van der Waals surface area contributed by atoms with Gasteiger partial charge in [-0.3, -0.25) is 4.90 Å². The molecule has 122 valence electrons. The van der Waals surface area contributed by atoms with E-state index in [1.807, 2.05) is 0 Å². The van der Waals surface area contributed by atoms with E-state index in [4.69, 9.17) is 14.2 Å². The van der Waals surface area contributed by atoms with Gasteiger partial charge in [0.05, 0.1) is 21.3 Å². The van der Waals surface area contributed by atoms with Crippen molar-refractivity contribution in [3.63, 3.8) is 0 Å². The molecule has 1 aliphatic heterocycles. The minimum atomic E-state index is 0.317. The van der Waals surface area contributed by atoms with Gasteiger partial charge < -0.3 is 14.2 Å². The Morgan fingerprint density at radius 1 is 1.14 bits per heavy atom. The monoisotopic (exact) mass is 305 g/mol. The lowest BCUT2D eigenvalue weighted by atomic mass is 9.59. The Morgan fingerprint density at radius 2 is 1.82 bits per heavy atom. The summed E-state index contributed by atoms with van der Waals surface area (Å²) in [4.78, 5) is 2.47. The summed E-state index contributed by atoms with van der Waals surface area (Å²) in [5, 5.41) is 0. The van der Waals surface area contributed by atoms with E-state index in [1.54, 1.807) is 21.3 Å². The van der Waals surface area contributed by atoms with E-state index in [2.05, 4.69) is 31.9 Å². The number of rotatable bonds is 3. The molecule has 2 aliphatic rings. The van der Waals surface area contributed by atoms with Crippen LogP contribution in [0.25, 0.3) is 0 Å². The van der Waals surface area contributed by atoms with E-state index >= 15 is 0 Å². The number of nitrogens with zero attached hydrogens (tertiary/aromatic N) is 1. The van der Waals surface area contributed by atoms with Crippen LogP contribution < -0.4 is 14.2 Å². The van der Waals surface area contributed by atoms with Gasteiger partial charge in [0, 0.05) is 11.6 Å². The molecule has 4 heteroatoms. The Morgan fingerprint density at radius 3 is 2.41 bits per heavy atom. The highest BCUT2D eigenvalue weighted by molar-refractivity contribution is 5.61. The molecule has 0 radical (unpaired) electrons. The van der Waals surface area contributed by atoms with Gasteiger partial charge in [0.1, 0.15) is 0 Å². The molecular weight excluding hydrogens is 278 g/mol. The average Bonchev–Trinajstić information content (AvgIpc) is 2.51. The van der Waals surface area contributed by atoms with Crippen LogP contribution >= 0.6 is 0 Å². The standard InChI is InChI=1S/C18H27NO3/c1-11-15-12-9-14(20-4)17(22-6)16(21-5)13(12)10-18(11,2)7-8-19(15)3/h9,11,15H,7-8,10H2,1-6H3/t11-,15+,18+/m1/s1. The van der Waals surface area contributed by atoms with Crippen LogP contribution in [0.4, 0.5) is 0 Å². The van der Waals surface area contributed by atoms with E-state index < -0.39 is 0 Å². The molecule has 0 saturated carbocycles. The summed E-state index contributed by atoms with van der Waals surface area (Å²) < 4.78 is 16.9. The van der Waals surface area contributed by atoms with E-state index in [0.717, 1.165) is 24.5 Å². The third-order valence-electron chi connectivity index (χ3n) is 5.95. The lowest BCUT2D eigenvalue weighted by molar-refractivity contribution is 0.0000810. The molecule has 1 fully saturated rings. The number of methoxy groups -OCH3 is 3. The third kappa shape index (κ3) is 2.00. The topological polar surface area (TPSA) is 30.9 Å². The van der Waals surface area contributed by atoms with Crippen molar-refractivity contribution >= 4 is 0 Å². The summed E-state index contributed by atoms with van der Waals surface area (Å²) >= 11 is 0. The smallest absolute Gasteiger partial charge is 0.203 e. The summed E-state index contributed by atoms with van der Waals surface area (Å²) in [7, 11) is 7.30. The lowest BCUT2D eigenvalue weighted by Crippen LogP contribution is -2.49. The molecule has 1 aromatic carbocycles. The van der Waals surface area contributed by atoms with Gasteiger partial charge >= 0.3 is 0 Å². The van der Waals surface area contributed by atoms with E-state index in [-0.39, 0.29) is 0 Å². The molecule has 3 rings (SSSR count). The van der Waals surface area contributed by atoms with Crippen molar-refractivity contribution in [3.05, 3.63) is 17.2 Å². The number of piperidine rings is 1.